The van der Waals surface area contributed by atoms with E-state index in [9.17, 15) is 38.4 Å². The van der Waals surface area contributed by atoms with Crippen molar-refractivity contribution in [2.75, 3.05) is 14.2 Å². The van der Waals surface area contributed by atoms with Gasteiger partial charge in [0.1, 0.15) is 48.6 Å². The molecule has 0 saturated heterocycles. The number of hydrogen-bond acceptors (Lipinski definition) is 15. The Kier molecular flexibility index (Phi) is 23.4. The molecule has 7 N–H and O–H groups in total. The van der Waals surface area contributed by atoms with Crippen molar-refractivity contribution >= 4 is 64.4 Å². The summed E-state index contributed by atoms with van der Waals surface area (Å²) < 4.78 is 30.0. The Labute approximate surface area is 447 Å². The minimum absolute atomic E-state index is 0.00575. The van der Waals surface area contributed by atoms with Gasteiger partial charge in [0.05, 0.1) is 27.1 Å². The fourth-order valence-corrected chi connectivity index (χ4v) is 7.38. The van der Waals surface area contributed by atoms with Gasteiger partial charge < -0.3 is 60.2 Å². The third kappa shape index (κ3) is 21.7. The van der Waals surface area contributed by atoms with Gasteiger partial charge in [-0.1, -0.05) is 109 Å². The molecule has 0 radical (unpaired) electrons. The molecule has 1 heterocycles. The number of ether oxygens (including phenoxy) is 6. The highest BCUT2D eigenvalue weighted by molar-refractivity contribution is 5.93. The molecular formula is C57H69N5O15. The van der Waals surface area contributed by atoms with Gasteiger partial charge in [0.2, 0.25) is 5.91 Å². The largest absolute Gasteiger partial charge is 0.480 e. The first-order valence-corrected chi connectivity index (χ1v) is 24.6. The molecule has 20 nitrogen and oxygen atoms in total. The molecule has 3 amide bonds. The number of alkyl carbamates (subject to hydrolysis) is 2. The molecule has 1 aromatic heterocycles. The molecule has 4 atom stereocenters. The quantitative estimate of drug-likeness (QED) is 0.0358. The van der Waals surface area contributed by atoms with Gasteiger partial charge in [0, 0.05) is 23.5 Å². The van der Waals surface area contributed by atoms with Gasteiger partial charge in [0.15, 0.2) is 0 Å². The molecule has 0 aliphatic heterocycles. The number of H-pyrrole nitrogens is 1. The molecule has 0 unspecified atom stereocenters. The zero-order valence-corrected chi connectivity index (χ0v) is 44.5. The minimum Gasteiger partial charge on any atom is -0.480 e. The number of hydrogen-bond donors (Lipinski definition) is 6. The number of carboxylic acids is 1. The van der Waals surface area contributed by atoms with Gasteiger partial charge >= 0.3 is 42.0 Å². The summed E-state index contributed by atoms with van der Waals surface area (Å²) in [6.45, 7) is 10.0. The predicted molar refractivity (Wildman–Crippen MR) is 284 cm³/mol. The number of carboxylic acid groups (broad SMARTS) is 1. The van der Waals surface area contributed by atoms with Crippen LogP contribution in [0.15, 0.2) is 121 Å². The van der Waals surface area contributed by atoms with Gasteiger partial charge in [-0.3, -0.25) is 19.2 Å². The summed E-state index contributed by atoms with van der Waals surface area (Å²) in [5, 5.41) is 17.1. The summed E-state index contributed by atoms with van der Waals surface area (Å²) in [4.78, 5) is 99.7. The van der Waals surface area contributed by atoms with E-state index in [4.69, 9.17) is 34.5 Å². The number of amides is 3. The van der Waals surface area contributed by atoms with E-state index in [1.54, 1.807) is 84.1 Å². The normalized spacial score (nSPS) is 13.1. The molecule has 0 bridgehead atoms. The molecule has 6 rings (SSSR count). The van der Waals surface area contributed by atoms with E-state index in [1.807, 2.05) is 60.7 Å². The number of esters is 4. The van der Waals surface area contributed by atoms with Crippen LogP contribution in [-0.2, 0) is 83.2 Å². The third-order valence-corrected chi connectivity index (χ3v) is 11.0. The van der Waals surface area contributed by atoms with E-state index < -0.39 is 90.2 Å². The number of rotatable bonds is 19. The van der Waals surface area contributed by atoms with Crippen LogP contribution in [0.1, 0.15) is 88.6 Å². The second-order valence-electron chi connectivity index (χ2n) is 19.5. The van der Waals surface area contributed by atoms with Gasteiger partial charge in [-0.25, -0.2) is 19.2 Å². The zero-order chi connectivity index (χ0) is 56.7. The van der Waals surface area contributed by atoms with Crippen molar-refractivity contribution in [2.24, 2.45) is 5.73 Å². The van der Waals surface area contributed by atoms with Crippen LogP contribution in [0.5, 0.6) is 0 Å². The molecule has 412 valence electrons. The second kappa shape index (κ2) is 29.5. The fraction of sp³-hybridized carbons (Fsp3) is 0.368. The molecule has 20 heteroatoms. The number of carbonyl (C=O) groups is 8. The standard InChI is InChI=1S/C28H33N3O7.C16H21NO6.C13H15NO2/c1-28(2,3)38-27(35)31-22(15-24(32)37-17-18-10-6-5-7-11-18)25(33)30-23(26(34)36-4)14-19-16-29-21-13-9-8-12-20(19)21;1-16(2,3)23-15(21)17-12(14(19)20)9-13(18)22-10-11-7-5-4-6-8-11;1-16-13(15)12(14)8-10-7-6-9-4-2-3-5-11(9)10/h5-13,16,22-23,29H,14-15,17H2,1-4H3,(H,30,33)(H,31,35);4-8,12H,9-10H2,1-3H3,(H,17,21)(H,19,20);2-5,7,12H,6,8,14H2,1H3/t22-,23-;2*12-/m000/s1. The smallest absolute Gasteiger partial charge is 0.408 e. The molecular weight excluding hydrogens is 995 g/mol. The summed E-state index contributed by atoms with van der Waals surface area (Å²) in [5.41, 5.74) is 11.0. The number of benzene rings is 4. The van der Waals surface area contributed by atoms with Crippen molar-refractivity contribution in [3.8, 4) is 0 Å². The van der Waals surface area contributed by atoms with E-state index in [0.29, 0.717) is 6.42 Å². The average Bonchev–Trinajstić information content (AvgIpc) is 3.99. The lowest BCUT2D eigenvalue weighted by Crippen LogP contribution is -2.53. The van der Waals surface area contributed by atoms with E-state index in [0.717, 1.165) is 39.6 Å². The van der Waals surface area contributed by atoms with Crippen LogP contribution in [0.4, 0.5) is 9.59 Å². The minimum atomic E-state index is -1.41. The predicted octanol–water partition coefficient (Wildman–Crippen LogP) is 7.01. The molecule has 0 spiro atoms. The first-order chi connectivity index (χ1) is 36.4. The Balaban J connectivity index is 0.000000277. The first-order valence-electron chi connectivity index (χ1n) is 24.6. The van der Waals surface area contributed by atoms with Crippen LogP contribution < -0.4 is 21.7 Å². The van der Waals surface area contributed by atoms with E-state index in [-0.39, 0.29) is 25.6 Å². The maximum absolute atomic E-state index is 13.3. The van der Waals surface area contributed by atoms with Crippen molar-refractivity contribution in [3.05, 3.63) is 149 Å². The zero-order valence-electron chi connectivity index (χ0n) is 44.5. The number of carbonyl (C=O) groups excluding carboxylic acids is 7. The highest BCUT2D eigenvalue weighted by Crippen LogP contribution is 2.30. The molecule has 1 aliphatic rings. The van der Waals surface area contributed by atoms with Gasteiger partial charge in [-0.15, -0.1) is 0 Å². The Morgan fingerprint density at radius 3 is 1.64 bits per heavy atom. The van der Waals surface area contributed by atoms with Crippen LogP contribution >= 0.6 is 0 Å². The summed E-state index contributed by atoms with van der Waals surface area (Å²) in [6, 6.07) is 29.4. The van der Waals surface area contributed by atoms with Crippen molar-refractivity contribution in [2.45, 2.75) is 122 Å². The number of para-hydroxylation sites is 1. The number of methoxy groups -OCH3 is 2. The number of nitrogens with two attached hydrogens (primary N) is 1. The fourth-order valence-electron chi connectivity index (χ4n) is 7.38. The third-order valence-electron chi connectivity index (χ3n) is 11.0. The van der Waals surface area contributed by atoms with E-state index in [1.165, 1.54) is 25.3 Å². The van der Waals surface area contributed by atoms with Crippen LogP contribution in [0.3, 0.4) is 0 Å². The van der Waals surface area contributed by atoms with Crippen LogP contribution in [0.25, 0.3) is 16.5 Å². The van der Waals surface area contributed by atoms with E-state index in [2.05, 4.69) is 43.9 Å². The second-order valence-corrected chi connectivity index (χ2v) is 19.5. The Hall–Kier alpha value is -8.52. The maximum Gasteiger partial charge on any atom is 0.408 e. The summed E-state index contributed by atoms with van der Waals surface area (Å²) >= 11 is 0. The molecule has 0 fully saturated rings. The number of aromatic nitrogens is 1. The summed E-state index contributed by atoms with van der Waals surface area (Å²) in [7, 11) is 2.58. The number of allylic oxidation sites excluding steroid dienone is 1. The SMILES string of the molecule is CC(C)(C)OC(=O)N[C@@H](CC(=O)OCc1ccccc1)C(=O)O.COC(=O)[C@@H](N)CC1=CCc2ccccc21.COC(=O)[C@H](Cc1c[nH]c2ccccc12)NC(=O)[C@H](CC(=O)OCc1ccccc1)NC(=O)OC(C)(C)C. The molecule has 4 aromatic carbocycles. The number of fused-ring (bicyclic) bond motifs is 2. The number of aromatic amines is 1. The monoisotopic (exact) mass is 1060 g/mol. The van der Waals surface area contributed by atoms with Gasteiger partial charge in [-0.2, -0.15) is 0 Å². The van der Waals surface area contributed by atoms with Gasteiger partial charge in [0.25, 0.3) is 0 Å². The first kappa shape index (κ1) is 61.0. The summed E-state index contributed by atoms with van der Waals surface area (Å²) in [6.07, 6.45) is 2.74. The molecule has 1 aliphatic carbocycles. The lowest BCUT2D eigenvalue weighted by atomic mass is 10.0. The summed E-state index contributed by atoms with van der Waals surface area (Å²) in [5.74, 6) is -4.57. The number of aliphatic carboxylic acids is 1. The highest BCUT2D eigenvalue weighted by Gasteiger charge is 2.32. The van der Waals surface area contributed by atoms with E-state index >= 15 is 0 Å². The van der Waals surface area contributed by atoms with Crippen LogP contribution in [0.2, 0.25) is 0 Å². The number of nitrogens with one attached hydrogen (secondary N) is 4. The molecule has 77 heavy (non-hydrogen) atoms. The average molecular weight is 1060 g/mol. The van der Waals surface area contributed by atoms with Gasteiger partial charge in [-0.05, 0) is 93.8 Å². The highest BCUT2D eigenvalue weighted by atomic mass is 16.6. The lowest BCUT2D eigenvalue weighted by molar-refractivity contribution is -0.150. The van der Waals surface area contributed by atoms with Crippen LogP contribution in [0, 0.1) is 0 Å². The molecule has 5 aromatic rings. The van der Waals surface area contributed by atoms with Crippen molar-refractivity contribution in [3.63, 3.8) is 0 Å². The maximum atomic E-state index is 13.3. The van der Waals surface area contributed by atoms with Crippen molar-refractivity contribution < 1.29 is 71.9 Å². The topological polar surface area (TPSA) is 290 Å². The Bertz CT molecular complexity index is 2820. The Morgan fingerprint density at radius 2 is 1.10 bits per heavy atom. The van der Waals surface area contributed by atoms with Crippen molar-refractivity contribution in [1.29, 1.82) is 0 Å². The Morgan fingerprint density at radius 1 is 0.610 bits per heavy atom. The lowest BCUT2D eigenvalue weighted by Gasteiger charge is -2.24. The molecule has 0 saturated carbocycles. The van der Waals surface area contributed by atoms with Crippen molar-refractivity contribution in [1.82, 2.24) is 20.9 Å². The van der Waals surface area contributed by atoms with Crippen LogP contribution in [-0.4, -0.2) is 108 Å².